The fourth-order valence-corrected chi connectivity index (χ4v) is 3.73. The number of piperazine rings is 1. The van der Waals surface area contributed by atoms with Gasteiger partial charge in [0.2, 0.25) is 0 Å². The summed E-state index contributed by atoms with van der Waals surface area (Å²) in [6.07, 6.45) is 3.48. The number of nitrogens with one attached hydrogen (secondary N) is 1. The van der Waals surface area contributed by atoms with Crippen LogP contribution in [0.1, 0.15) is 15.9 Å². The molecule has 1 aliphatic heterocycles. The number of nitrogens with zero attached hydrogens (tertiary/aromatic N) is 4. The minimum absolute atomic E-state index is 0.0421. The van der Waals surface area contributed by atoms with Crippen molar-refractivity contribution in [2.45, 2.75) is 6.54 Å². The van der Waals surface area contributed by atoms with Crippen molar-refractivity contribution in [3.8, 4) is 0 Å². The molecule has 0 bridgehead atoms. The third kappa shape index (κ3) is 5.46. The van der Waals surface area contributed by atoms with E-state index in [1.54, 1.807) is 34.3 Å². The average Bonchev–Trinajstić information content (AvgIpc) is 2.88. The summed E-state index contributed by atoms with van der Waals surface area (Å²) < 4.78 is 13.0. The van der Waals surface area contributed by atoms with Crippen LogP contribution in [0.5, 0.6) is 0 Å². The highest BCUT2D eigenvalue weighted by atomic mass is 19.1. The van der Waals surface area contributed by atoms with Crippen LogP contribution in [-0.2, 0) is 6.54 Å². The van der Waals surface area contributed by atoms with E-state index in [9.17, 15) is 14.0 Å². The molecule has 1 aliphatic rings. The first-order chi connectivity index (χ1) is 16.0. The van der Waals surface area contributed by atoms with Gasteiger partial charge in [0.25, 0.3) is 5.91 Å². The van der Waals surface area contributed by atoms with Crippen molar-refractivity contribution in [2.24, 2.45) is 0 Å². The van der Waals surface area contributed by atoms with Crippen molar-refractivity contribution in [2.75, 3.05) is 38.1 Å². The molecule has 2 heterocycles. The number of carbonyl (C=O) groups excluding carboxylic acids is 2. The largest absolute Gasteiger partial charge is 0.345 e. The Bertz CT molecular complexity index is 1080. The lowest BCUT2D eigenvalue weighted by Crippen LogP contribution is -2.53. The highest BCUT2D eigenvalue weighted by Gasteiger charge is 2.24. The van der Waals surface area contributed by atoms with Crippen LogP contribution in [0.3, 0.4) is 0 Å². The molecule has 1 fully saturated rings. The lowest BCUT2D eigenvalue weighted by molar-refractivity contribution is 0.0665. The van der Waals surface area contributed by atoms with Crippen LogP contribution in [0.4, 0.5) is 20.6 Å². The van der Waals surface area contributed by atoms with Crippen LogP contribution < -0.4 is 10.2 Å². The predicted octanol–water partition coefficient (Wildman–Crippen LogP) is 3.66. The number of carbonyl (C=O) groups is 2. The molecule has 3 aromatic rings. The molecular weight excluding hydrogens is 421 g/mol. The van der Waals surface area contributed by atoms with Crippen molar-refractivity contribution in [1.82, 2.24) is 20.1 Å². The number of anilines is 2. The molecule has 0 aliphatic carbocycles. The van der Waals surface area contributed by atoms with E-state index in [2.05, 4.69) is 10.3 Å². The van der Waals surface area contributed by atoms with Gasteiger partial charge >= 0.3 is 6.03 Å². The topological polar surface area (TPSA) is 68.8 Å². The third-order valence-corrected chi connectivity index (χ3v) is 5.76. The van der Waals surface area contributed by atoms with Crippen molar-refractivity contribution < 1.29 is 14.0 Å². The summed E-state index contributed by atoms with van der Waals surface area (Å²) in [7, 11) is 1.96. The van der Waals surface area contributed by atoms with Crippen LogP contribution >= 0.6 is 0 Å². The van der Waals surface area contributed by atoms with Crippen molar-refractivity contribution >= 4 is 23.3 Å². The molecule has 33 heavy (non-hydrogen) atoms. The predicted molar refractivity (Wildman–Crippen MR) is 125 cm³/mol. The molecule has 0 atom stereocenters. The van der Waals surface area contributed by atoms with Crippen molar-refractivity contribution in [3.63, 3.8) is 0 Å². The first-order valence-corrected chi connectivity index (χ1v) is 10.8. The van der Waals surface area contributed by atoms with E-state index in [-0.39, 0.29) is 17.8 Å². The Labute approximate surface area is 192 Å². The molecule has 0 spiro atoms. The third-order valence-electron chi connectivity index (χ3n) is 5.76. The summed E-state index contributed by atoms with van der Waals surface area (Å²) in [4.78, 5) is 34.9. The minimum Gasteiger partial charge on any atom is -0.345 e. The van der Waals surface area contributed by atoms with E-state index >= 15 is 0 Å². The minimum atomic E-state index is -0.304. The van der Waals surface area contributed by atoms with Gasteiger partial charge in [-0.3, -0.25) is 9.78 Å². The quantitative estimate of drug-likeness (QED) is 0.648. The van der Waals surface area contributed by atoms with Crippen molar-refractivity contribution in [3.05, 3.63) is 90.0 Å². The van der Waals surface area contributed by atoms with E-state index in [1.807, 2.05) is 48.3 Å². The highest BCUT2D eigenvalue weighted by Crippen LogP contribution is 2.23. The van der Waals surface area contributed by atoms with E-state index in [0.29, 0.717) is 38.3 Å². The molecule has 1 aromatic heterocycles. The zero-order valence-electron chi connectivity index (χ0n) is 18.4. The summed E-state index contributed by atoms with van der Waals surface area (Å²) in [6.45, 7) is 2.20. The van der Waals surface area contributed by atoms with Gasteiger partial charge in [-0.15, -0.1) is 0 Å². The number of aromatic nitrogens is 1. The summed E-state index contributed by atoms with van der Waals surface area (Å²) in [5.41, 5.74) is 3.44. The maximum Gasteiger partial charge on any atom is 0.317 e. The number of pyridine rings is 1. The normalized spacial score (nSPS) is 13.5. The number of amides is 3. The SMILES string of the molecule is CN(c1ccncc1)c1ccc(C(=O)N2CCN(C(=O)NCc3ccc(F)cc3)CC2)cc1. The Kier molecular flexibility index (Phi) is 6.83. The van der Waals surface area contributed by atoms with E-state index < -0.39 is 0 Å². The van der Waals surface area contributed by atoms with Gasteiger partial charge in [0.1, 0.15) is 5.82 Å². The first-order valence-electron chi connectivity index (χ1n) is 10.8. The lowest BCUT2D eigenvalue weighted by atomic mass is 10.1. The maximum absolute atomic E-state index is 13.0. The number of hydrogen-bond donors (Lipinski definition) is 1. The van der Waals surface area contributed by atoms with Crippen LogP contribution in [-0.4, -0.2) is 59.9 Å². The molecule has 1 saturated heterocycles. The number of benzene rings is 2. The Balaban J connectivity index is 1.28. The maximum atomic E-state index is 13.0. The van der Waals surface area contributed by atoms with Gasteiger partial charge in [-0.1, -0.05) is 12.1 Å². The molecule has 4 rings (SSSR count). The molecule has 170 valence electrons. The second kappa shape index (κ2) is 10.1. The molecule has 2 aromatic carbocycles. The molecule has 3 amide bonds. The van der Waals surface area contributed by atoms with Crippen LogP contribution in [0.15, 0.2) is 73.1 Å². The Morgan fingerprint density at radius 1 is 0.879 bits per heavy atom. The van der Waals surface area contributed by atoms with Gasteiger partial charge in [0, 0.05) is 69.1 Å². The second-order valence-corrected chi connectivity index (χ2v) is 7.88. The second-order valence-electron chi connectivity index (χ2n) is 7.88. The first kappa shape index (κ1) is 22.3. The summed E-state index contributed by atoms with van der Waals surface area (Å²) in [5.74, 6) is -0.347. The van der Waals surface area contributed by atoms with Gasteiger partial charge in [0.15, 0.2) is 0 Å². The van der Waals surface area contributed by atoms with Crippen molar-refractivity contribution in [1.29, 1.82) is 0 Å². The summed E-state index contributed by atoms with van der Waals surface area (Å²) >= 11 is 0. The van der Waals surface area contributed by atoms with Gasteiger partial charge in [-0.25, -0.2) is 9.18 Å². The van der Waals surface area contributed by atoms with Crippen LogP contribution in [0.25, 0.3) is 0 Å². The van der Waals surface area contributed by atoms with E-state index in [0.717, 1.165) is 16.9 Å². The van der Waals surface area contributed by atoms with Crippen LogP contribution in [0, 0.1) is 5.82 Å². The molecule has 0 unspecified atom stereocenters. The van der Waals surface area contributed by atoms with Gasteiger partial charge < -0.3 is 20.0 Å². The summed E-state index contributed by atoms with van der Waals surface area (Å²) in [5, 5.41) is 2.85. The standard InChI is InChI=1S/C25H26FN5O2/c1-29(23-10-12-27-13-11-23)22-8-4-20(5-9-22)24(32)30-14-16-31(17-15-30)25(33)28-18-19-2-6-21(26)7-3-19/h2-13H,14-18H2,1H3,(H,28,33). The van der Waals surface area contributed by atoms with E-state index in [4.69, 9.17) is 0 Å². The molecule has 1 N–H and O–H groups in total. The fraction of sp³-hybridized carbons (Fsp3) is 0.240. The highest BCUT2D eigenvalue weighted by molar-refractivity contribution is 5.95. The van der Waals surface area contributed by atoms with Gasteiger partial charge in [-0.05, 0) is 54.1 Å². The number of urea groups is 1. The number of rotatable bonds is 5. The zero-order valence-corrected chi connectivity index (χ0v) is 18.4. The fourth-order valence-electron chi connectivity index (χ4n) is 3.73. The van der Waals surface area contributed by atoms with Gasteiger partial charge in [0.05, 0.1) is 0 Å². The Morgan fingerprint density at radius 3 is 2.09 bits per heavy atom. The summed E-state index contributed by atoms with van der Waals surface area (Å²) in [6, 6.07) is 17.2. The smallest absolute Gasteiger partial charge is 0.317 e. The van der Waals surface area contributed by atoms with Gasteiger partial charge in [-0.2, -0.15) is 0 Å². The lowest BCUT2D eigenvalue weighted by Gasteiger charge is -2.34. The molecular formula is C25H26FN5O2. The molecule has 0 saturated carbocycles. The molecule has 0 radical (unpaired) electrons. The monoisotopic (exact) mass is 447 g/mol. The Hall–Kier alpha value is -3.94. The molecule has 8 heteroatoms. The molecule has 7 nitrogen and oxygen atoms in total. The number of hydrogen-bond acceptors (Lipinski definition) is 4. The van der Waals surface area contributed by atoms with Crippen LogP contribution in [0.2, 0.25) is 0 Å². The zero-order chi connectivity index (χ0) is 23.2. The van der Waals surface area contributed by atoms with E-state index in [1.165, 1.54) is 12.1 Å². The number of halogens is 1. The Morgan fingerprint density at radius 2 is 1.45 bits per heavy atom. The average molecular weight is 448 g/mol.